The minimum absolute atomic E-state index is 0. The summed E-state index contributed by atoms with van der Waals surface area (Å²) < 4.78 is 1.62. The van der Waals surface area contributed by atoms with Gasteiger partial charge in [-0.3, -0.25) is 0 Å². The molecule has 5 heteroatoms. The third kappa shape index (κ3) is 3.30. The van der Waals surface area contributed by atoms with Gasteiger partial charge in [-0.2, -0.15) is 0 Å². The van der Waals surface area contributed by atoms with Crippen molar-refractivity contribution in [3.63, 3.8) is 0 Å². The number of carboxylic acid groups (broad SMARTS) is 1. The van der Waals surface area contributed by atoms with Gasteiger partial charge in [-0.05, 0) is 11.1 Å². The molecule has 104 valence electrons. The maximum Gasteiger partial charge on any atom is 1.00 e. The Morgan fingerprint density at radius 1 is 0.955 bits per heavy atom. The van der Waals surface area contributed by atoms with Crippen LogP contribution in [0.1, 0.15) is 27.7 Å². The Kier molecular flexibility index (Phi) is 5.55. The van der Waals surface area contributed by atoms with E-state index in [0.29, 0.717) is 0 Å². The number of rotatable bonds is 4. The molecule has 0 spiro atoms. The van der Waals surface area contributed by atoms with E-state index in [1.54, 1.807) is 4.57 Å². The number of hydrogen-bond acceptors (Lipinski definition) is 3. The summed E-state index contributed by atoms with van der Waals surface area (Å²) in [5.41, 5.74) is 2.04. The number of benzene rings is 2. The molecular formula is C17H13N2NaO2. The van der Waals surface area contributed by atoms with Crippen LogP contribution in [0.25, 0.3) is 0 Å². The first-order valence-corrected chi connectivity index (χ1v) is 6.60. The minimum Gasteiger partial charge on any atom is -0.543 e. The van der Waals surface area contributed by atoms with Crippen molar-refractivity contribution in [2.24, 2.45) is 0 Å². The minimum atomic E-state index is -1.23. The average molecular weight is 300 g/mol. The maximum absolute atomic E-state index is 11.3. The van der Waals surface area contributed by atoms with Gasteiger partial charge >= 0.3 is 29.6 Å². The van der Waals surface area contributed by atoms with Crippen LogP contribution in [-0.4, -0.2) is 15.5 Å². The number of carboxylic acids is 1. The Bertz CT molecular complexity index is 702. The van der Waals surface area contributed by atoms with Crippen molar-refractivity contribution < 1.29 is 39.5 Å². The standard InChI is InChI=1S/C17H14N2O2.Na/c20-17(21)15-11-18-12-19(15)16(13-7-3-1-4-8-13)14-9-5-2-6-10-14;/h1-12,16H,(H,20,21);/q;+1/p-1. The largest absolute Gasteiger partial charge is 1.00 e. The molecule has 0 atom stereocenters. The zero-order valence-corrected chi connectivity index (χ0v) is 14.2. The van der Waals surface area contributed by atoms with Crippen LogP contribution in [0, 0.1) is 0 Å². The molecule has 0 radical (unpaired) electrons. The van der Waals surface area contributed by atoms with Gasteiger partial charge in [-0.15, -0.1) is 0 Å². The van der Waals surface area contributed by atoms with E-state index in [4.69, 9.17) is 0 Å². The second-order valence-corrected chi connectivity index (χ2v) is 4.70. The van der Waals surface area contributed by atoms with E-state index in [1.165, 1.54) is 12.5 Å². The van der Waals surface area contributed by atoms with Gasteiger partial charge in [0.15, 0.2) is 0 Å². The molecule has 22 heavy (non-hydrogen) atoms. The van der Waals surface area contributed by atoms with E-state index in [-0.39, 0.29) is 41.3 Å². The molecule has 0 aliphatic rings. The second kappa shape index (κ2) is 7.40. The summed E-state index contributed by atoms with van der Waals surface area (Å²) in [5.74, 6) is -1.23. The molecule has 0 fully saturated rings. The smallest absolute Gasteiger partial charge is 0.543 e. The molecular weight excluding hydrogens is 287 g/mol. The van der Waals surface area contributed by atoms with E-state index >= 15 is 0 Å². The SMILES string of the molecule is O=C([O-])c1cncn1C(c1ccccc1)c1ccccc1.[Na+]. The Balaban J connectivity index is 0.00000176. The number of aromatic carboxylic acids is 1. The fraction of sp³-hybridized carbons (Fsp3) is 0.0588. The van der Waals surface area contributed by atoms with Crippen LogP contribution < -0.4 is 34.7 Å². The zero-order valence-electron chi connectivity index (χ0n) is 12.2. The van der Waals surface area contributed by atoms with Gasteiger partial charge in [0, 0.05) is 0 Å². The summed E-state index contributed by atoms with van der Waals surface area (Å²) in [5, 5.41) is 11.3. The number of carbonyl (C=O) groups is 1. The van der Waals surface area contributed by atoms with Crippen molar-refractivity contribution in [3.8, 4) is 0 Å². The number of hydrogen-bond donors (Lipinski definition) is 0. The van der Waals surface area contributed by atoms with Gasteiger partial charge in [0.2, 0.25) is 0 Å². The molecule has 1 heterocycles. The third-order valence-corrected chi connectivity index (χ3v) is 3.38. The molecule has 2 aromatic carbocycles. The molecule has 0 bridgehead atoms. The van der Waals surface area contributed by atoms with Gasteiger partial charge in [0.1, 0.15) is 0 Å². The van der Waals surface area contributed by atoms with E-state index in [1.807, 2.05) is 60.7 Å². The van der Waals surface area contributed by atoms with Gasteiger partial charge in [0.05, 0.1) is 30.2 Å². The summed E-state index contributed by atoms with van der Waals surface area (Å²) in [7, 11) is 0. The van der Waals surface area contributed by atoms with Crippen LogP contribution in [0.3, 0.4) is 0 Å². The third-order valence-electron chi connectivity index (χ3n) is 3.38. The van der Waals surface area contributed by atoms with Crippen molar-refractivity contribution >= 4 is 5.97 Å². The number of imidazole rings is 1. The van der Waals surface area contributed by atoms with E-state index in [9.17, 15) is 9.90 Å². The monoisotopic (exact) mass is 300 g/mol. The molecule has 0 saturated heterocycles. The summed E-state index contributed by atoms with van der Waals surface area (Å²) in [6.07, 6.45) is 2.84. The fourth-order valence-corrected chi connectivity index (χ4v) is 2.45. The molecule has 0 N–H and O–H groups in total. The molecule has 0 saturated carbocycles. The molecule has 1 aromatic heterocycles. The zero-order chi connectivity index (χ0) is 14.7. The first kappa shape index (κ1) is 16.5. The van der Waals surface area contributed by atoms with Crippen LogP contribution in [0.4, 0.5) is 0 Å². The predicted molar refractivity (Wildman–Crippen MR) is 76.7 cm³/mol. The van der Waals surface area contributed by atoms with Crippen LogP contribution in [0.2, 0.25) is 0 Å². The molecule has 3 rings (SSSR count). The number of carbonyl (C=O) groups excluding carboxylic acids is 1. The maximum atomic E-state index is 11.3. The van der Waals surface area contributed by atoms with Gasteiger partial charge in [0.25, 0.3) is 0 Å². The topological polar surface area (TPSA) is 57.9 Å². The summed E-state index contributed by atoms with van der Waals surface area (Å²) in [6, 6.07) is 19.2. The molecule has 0 unspecified atom stereocenters. The van der Waals surface area contributed by atoms with Crippen molar-refractivity contribution in [2.75, 3.05) is 0 Å². The molecule has 0 amide bonds. The number of nitrogens with zero attached hydrogens (tertiary/aromatic N) is 2. The number of aromatic nitrogens is 2. The van der Waals surface area contributed by atoms with E-state index in [2.05, 4.69) is 4.98 Å². The fourth-order valence-electron chi connectivity index (χ4n) is 2.45. The van der Waals surface area contributed by atoms with E-state index in [0.717, 1.165) is 11.1 Å². The van der Waals surface area contributed by atoms with Gasteiger partial charge in [-0.1, -0.05) is 60.7 Å². The Labute approximate surface area is 150 Å². The Morgan fingerprint density at radius 2 is 1.45 bits per heavy atom. The van der Waals surface area contributed by atoms with Crippen molar-refractivity contribution in [3.05, 3.63) is 90.0 Å². The Hall–Kier alpha value is -1.88. The van der Waals surface area contributed by atoms with Gasteiger partial charge in [-0.25, -0.2) is 4.98 Å². The van der Waals surface area contributed by atoms with Crippen molar-refractivity contribution in [1.82, 2.24) is 9.55 Å². The summed E-state index contributed by atoms with van der Waals surface area (Å²) in [6.45, 7) is 0. The van der Waals surface area contributed by atoms with Crippen molar-refractivity contribution in [2.45, 2.75) is 6.04 Å². The first-order valence-electron chi connectivity index (χ1n) is 6.60. The van der Waals surface area contributed by atoms with Crippen LogP contribution in [0.5, 0.6) is 0 Å². The van der Waals surface area contributed by atoms with Crippen LogP contribution in [-0.2, 0) is 0 Å². The summed E-state index contributed by atoms with van der Waals surface area (Å²) >= 11 is 0. The molecule has 0 aliphatic carbocycles. The van der Waals surface area contributed by atoms with Crippen molar-refractivity contribution in [1.29, 1.82) is 0 Å². The molecule has 4 nitrogen and oxygen atoms in total. The normalized spacial score (nSPS) is 10.2. The Morgan fingerprint density at radius 3 is 1.91 bits per heavy atom. The molecule has 0 aliphatic heterocycles. The van der Waals surface area contributed by atoms with Crippen LogP contribution >= 0.6 is 0 Å². The predicted octanol–water partition coefficient (Wildman–Crippen LogP) is -1.11. The van der Waals surface area contributed by atoms with E-state index < -0.39 is 5.97 Å². The quantitative estimate of drug-likeness (QED) is 0.574. The summed E-state index contributed by atoms with van der Waals surface area (Å²) in [4.78, 5) is 15.2. The van der Waals surface area contributed by atoms with Gasteiger partial charge < -0.3 is 14.5 Å². The average Bonchev–Trinajstić information content (AvgIpc) is 2.99. The van der Waals surface area contributed by atoms with Crippen LogP contribution in [0.15, 0.2) is 73.2 Å². The second-order valence-electron chi connectivity index (χ2n) is 4.70. The molecule has 3 aromatic rings. The first-order chi connectivity index (χ1) is 10.3.